The molecule has 1 atom stereocenters. The molecule has 0 aliphatic carbocycles. The van der Waals surface area contributed by atoms with E-state index in [2.05, 4.69) is 10.6 Å². The molecule has 1 aromatic rings. The van der Waals surface area contributed by atoms with E-state index in [9.17, 15) is 9.59 Å². The molecule has 1 aromatic carbocycles. The summed E-state index contributed by atoms with van der Waals surface area (Å²) in [6, 6.07) is 4.83. The van der Waals surface area contributed by atoms with Gasteiger partial charge in [-0.05, 0) is 24.6 Å². The highest BCUT2D eigenvalue weighted by Crippen LogP contribution is 2.23. The second-order valence-corrected chi connectivity index (χ2v) is 5.06. The lowest BCUT2D eigenvalue weighted by atomic mass is 9.96. The topological polar surface area (TPSA) is 58.2 Å². The zero-order valence-electron chi connectivity index (χ0n) is 9.50. The van der Waals surface area contributed by atoms with Crippen LogP contribution in [0.15, 0.2) is 18.2 Å². The van der Waals surface area contributed by atoms with Crippen LogP contribution in [-0.2, 0) is 9.59 Å². The first kappa shape index (κ1) is 13.2. The SMILES string of the molecule is O=C1CC(C(=O)Nc2cc(Cl)cc(Cl)c2)CCN1. The summed E-state index contributed by atoms with van der Waals surface area (Å²) < 4.78 is 0. The predicted octanol–water partition coefficient (Wildman–Crippen LogP) is 2.46. The van der Waals surface area contributed by atoms with E-state index in [1.807, 2.05) is 0 Å². The van der Waals surface area contributed by atoms with E-state index in [0.717, 1.165) is 0 Å². The maximum Gasteiger partial charge on any atom is 0.228 e. The molecule has 2 rings (SSSR count). The summed E-state index contributed by atoms with van der Waals surface area (Å²) in [7, 11) is 0. The highest BCUT2D eigenvalue weighted by atomic mass is 35.5. The molecule has 6 heteroatoms. The Hall–Kier alpha value is -1.26. The molecule has 1 heterocycles. The Labute approximate surface area is 115 Å². The lowest BCUT2D eigenvalue weighted by molar-refractivity contribution is -0.129. The van der Waals surface area contributed by atoms with Gasteiger partial charge in [-0.2, -0.15) is 0 Å². The molecule has 0 saturated carbocycles. The highest BCUT2D eigenvalue weighted by molar-refractivity contribution is 6.35. The Morgan fingerprint density at radius 3 is 2.56 bits per heavy atom. The third-order valence-corrected chi connectivity index (χ3v) is 3.18. The summed E-state index contributed by atoms with van der Waals surface area (Å²) >= 11 is 11.7. The minimum Gasteiger partial charge on any atom is -0.356 e. The summed E-state index contributed by atoms with van der Waals surface area (Å²) in [4.78, 5) is 23.2. The Balaban J connectivity index is 2.04. The van der Waals surface area contributed by atoms with Crippen LogP contribution in [-0.4, -0.2) is 18.4 Å². The maximum absolute atomic E-state index is 12.0. The fourth-order valence-corrected chi connectivity index (χ4v) is 2.40. The number of benzene rings is 1. The van der Waals surface area contributed by atoms with Crippen molar-refractivity contribution >= 4 is 40.7 Å². The van der Waals surface area contributed by atoms with Crippen LogP contribution in [0.3, 0.4) is 0 Å². The number of piperidine rings is 1. The lowest BCUT2D eigenvalue weighted by Crippen LogP contribution is -2.38. The quantitative estimate of drug-likeness (QED) is 0.877. The second-order valence-electron chi connectivity index (χ2n) is 4.19. The van der Waals surface area contributed by atoms with Crippen molar-refractivity contribution in [3.63, 3.8) is 0 Å². The van der Waals surface area contributed by atoms with Crippen molar-refractivity contribution in [2.75, 3.05) is 11.9 Å². The smallest absolute Gasteiger partial charge is 0.228 e. The van der Waals surface area contributed by atoms with E-state index in [4.69, 9.17) is 23.2 Å². The molecular formula is C12H12Cl2N2O2. The predicted molar refractivity (Wildman–Crippen MR) is 70.8 cm³/mol. The summed E-state index contributed by atoms with van der Waals surface area (Å²) in [6.45, 7) is 0.535. The van der Waals surface area contributed by atoms with Gasteiger partial charge in [-0.15, -0.1) is 0 Å². The van der Waals surface area contributed by atoms with Gasteiger partial charge in [-0.3, -0.25) is 9.59 Å². The first-order chi connectivity index (χ1) is 8.54. The Kier molecular flexibility index (Phi) is 4.09. The van der Waals surface area contributed by atoms with Gasteiger partial charge in [0.2, 0.25) is 11.8 Å². The fourth-order valence-electron chi connectivity index (χ4n) is 1.88. The molecule has 1 unspecified atom stereocenters. The van der Waals surface area contributed by atoms with Crippen LogP contribution in [0.1, 0.15) is 12.8 Å². The Bertz CT molecular complexity index is 471. The molecular weight excluding hydrogens is 275 g/mol. The van der Waals surface area contributed by atoms with Gasteiger partial charge in [0.15, 0.2) is 0 Å². The minimum absolute atomic E-state index is 0.0921. The van der Waals surface area contributed by atoms with Crippen molar-refractivity contribution in [2.24, 2.45) is 5.92 Å². The van der Waals surface area contributed by atoms with Crippen LogP contribution in [0.4, 0.5) is 5.69 Å². The third kappa shape index (κ3) is 3.37. The molecule has 0 radical (unpaired) electrons. The van der Waals surface area contributed by atoms with E-state index in [-0.39, 0.29) is 24.2 Å². The fraction of sp³-hybridized carbons (Fsp3) is 0.333. The first-order valence-electron chi connectivity index (χ1n) is 5.58. The molecule has 4 nitrogen and oxygen atoms in total. The molecule has 0 bridgehead atoms. The van der Waals surface area contributed by atoms with Gasteiger partial charge in [-0.25, -0.2) is 0 Å². The number of rotatable bonds is 2. The molecule has 2 N–H and O–H groups in total. The Morgan fingerprint density at radius 2 is 1.94 bits per heavy atom. The van der Waals surface area contributed by atoms with Gasteiger partial charge in [0.1, 0.15) is 0 Å². The van der Waals surface area contributed by atoms with Gasteiger partial charge in [0, 0.05) is 34.6 Å². The van der Waals surface area contributed by atoms with Gasteiger partial charge in [0.25, 0.3) is 0 Å². The van der Waals surface area contributed by atoms with Crippen molar-refractivity contribution in [3.8, 4) is 0 Å². The summed E-state index contributed by atoms with van der Waals surface area (Å²) in [5.41, 5.74) is 0.545. The molecule has 1 aliphatic rings. The van der Waals surface area contributed by atoms with Crippen molar-refractivity contribution in [1.82, 2.24) is 5.32 Å². The minimum atomic E-state index is -0.295. The number of carbonyl (C=O) groups is 2. The van der Waals surface area contributed by atoms with E-state index in [1.54, 1.807) is 18.2 Å². The normalized spacial score (nSPS) is 19.2. The van der Waals surface area contributed by atoms with Crippen molar-refractivity contribution in [3.05, 3.63) is 28.2 Å². The molecule has 1 saturated heterocycles. The van der Waals surface area contributed by atoms with Gasteiger partial charge >= 0.3 is 0 Å². The molecule has 1 aliphatic heterocycles. The number of halogens is 2. The molecule has 2 amide bonds. The molecule has 0 spiro atoms. The Morgan fingerprint density at radius 1 is 1.28 bits per heavy atom. The van der Waals surface area contributed by atoms with Gasteiger partial charge < -0.3 is 10.6 Å². The second kappa shape index (κ2) is 5.59. The van der Waals surface area contributed by atoms with Crippen LogP contribution >= 0.6 is 23.2 Å². The molecule has 96 valence electrons. The standard InChI is InChI=1S/C12H12Cl2N2O2/c13-8-4-9(14)6-10(5-8)16-12(18)7-1-2-15-11(17)3-7/h4-7H,1-3H2,(H,15,17)(H,16,18). The number of carbonyl (C=O) groups excluding carboxylic acids is 2. The summed E-state index contributed by atoms with van der Waals surface area (Å²) in [5.74, 6) is -0.565. The van der Waals surface area contributed by atoms with Crippen LogP contribution < -0.4 is 10.6 Å². The maximum atomic E-state index is 12.0. The van der Waals surface area contributed by atoms with Crippen LogP contribution in [0, 0.1) is 5.92 Å². The zero-order chi connectivity index (χ0) is 13.1. The van der Waals surface area contributed by atoms with Gasteiger partial charge in [0.05, 0.1) is 0 Å². The van der Waals surface area contributed by atoms with Crippen LogP contribution in [0.5, 0.6) is 0 Å². The number of nitrogens with one attached hydrogen (secondary N) is 2. The molecule has 18 heavy (non-hydrogen) atoms. The highest BCUT2D eigenvalue weighted by Gasteiger charge is 2.25. The van der Waals surface area contributed by atoms with Crippen molar-refractivity contribution < 1.29 is 9.59 Å². The zero-order valence-corrected chi connectivity index (χ0v) is 11.0. The molecule has 1 fully saturated rings. The van der Waals surface area contributed by atoms with E-state index < -0.39 is 0 Å². The monoisotopic (exact) mass is 286 g/mol. The van der Waals surface area contributed by atoms with Gasteiger partial charge in [-0.1, -0.05) is 23.2 Å². The average Bonchev–Trinajstić information content (AvgIpc) is 2.27. The van der Waals surface area contributed by atoms with Crippen molar-refractivity contribution in [2.45, 2.75) is 12.8 Å². The number of hydrogen-bond donors (Lipinski definition) is 2. The average molecular weight is 287 g/mol. The summed E-state index contributed by atoms with van der Waals surface area (Å²) in [6.07, 6.45) is 0.867. The van der Waals surface area contributed by atoms with Crippen LogP contribution in [0.25, 0.3) is 0 Å². The van der Waals surface area contributed by atoms with Crippen LogP contribution in [0.2, 0.25) is 10.0 Å². The number of hydrogen-bond acceptors (Lipinski definition) is 2. The van der Waals surface area contributed by atoms with E-state index in [0.29, 0.717) is 28.7 Å². The first-order valence-corrected chi connectivity index (χ1v) is 6.34. The number of amides is 2. The third-order valence-electron chi connectivity index (χ3n) is 2.75. The van der Waals surface area contributed by atoms with E-state index >= 15 is 0 Å². The lowest BCUT2D eigenvalue weighted by Gasteiger charge is -2.21. The largest absolute Gasteiger partial charge is 0.356 e. The van der Waals surface area contributed by atoms with E-state index in [1.165, 1.54) is 0 Å². The summed E-state index contributed by atoms with van der Waals surface area (Å²) in [5, 5.41) is 6.33. The number of anilines is 1. The molecule has 0 aromatic heterocycles. The van der Waals surface area contributed by atoms with Crippen molar-refractivity contribution in [1.29, 1.82) is 0 Å².